The Morgan fingerprint density at radius 3 is 2.50 bits per heavy atom. The number of carbonyl (C=O) groups is 1. The summed E-state index contributed by atoms with van der Waals surface area (Å²) < 4.78 is 1.81. The number of nitrogens with zero attached hydrogens (tertiary/aromatic N) is 3. The van der Waals surface area contributed by atoms with Crippen molar-refractivity contribution in [2.75, 3.05) is 0 Å². The van der Waals surface area contributed by atoms with Crippen LogP contribution in [0.25, 0.3) is 16.8 Å². The Labute approximate surface area is 128 Å². The molecule has 0 spiro atoms. The van der Waals surface area contributed by atoms with Crippen molar-refractivity contribution in [3.05, 3.63) is 53.5 Å². The van der Waals surface area contributed by atoms with Crippen molar-refractivity contribution in [1.29, 1.82) is 0 Å². The number of rotatable bonds is 3. The lowest BCUT2D eigenvalue weighted by atomic mass is 10.1. The number of primary amides is 1. The molecule has 0 fully saturated rings. The maximum atomic E-state index is 11.6. The highest BCUT2D eigenvalue weighted by molar-refractivity contribution is 5.92. The molecule has 0 saturated heterocycles. The van der Waals surface area contributed by atoms with E-state index in [2.05, 4.69) is 23.9 Å². The minimum absolute atomic E-state index is 0.200. The van der Waals surface area contributed by atoms with Crippen LogP contribution in [0.5, 0.6) is 0 Å². The summed E-state index contributed by atoms with van der Waals surface area (Å²) in [6.45, 7) is 6.06. The van der Waals surface area contributed by atoms with E-state index in [4.69, 9.17) is 5.73 Å². The highest BCUT2D eigenvalue weighted by Crippen LogP contribution is 2.29. The Hall–Kier alpha value is -2.69. The van der Waals surface area contributed by atoms with Crippen LogP contribution in [0.2, 0.25) is 0 Å². The van der Waals surface area contributed by atoms with Gasteiger partial charge in [0.25, 0.3) is 5.91 Å². The average molecular weight is 294 g/mol. The number of carbonyl (C=O) groups excluding carboxylic acids is 1. The first-order chi connectivity index (χ1) is 10.5. The molecule has 5 nitrogen and oxygen atoms in total. The van der Waals surface area contributed by atoms with Crippen molar-refractivity contribution in [3.63, 3.8) is 0 Å². The molecule has 5 heteroatoms. The number of aromatic nitrogens is 3. The van der Waals surface area contributed by atoms with Gasteiger partial charge in [-0.25, -0.2) is 9.50 Å². The van der Waals surface area contributed by atoms with Crippen LogP contribution in [0.1, 0.15) is 41.6 Å². The Morgan fingerprint density at radius 1 is 1.23 bits per heavy atom. The molecule has 0 aliphatic heterocycles. The normalized spacial score (nSPS) is 11.3. The number of aryl methyl sites for hydroxylation is 1. The van der Waals surface area contributed by atoms with Gasteiger partial charge in [0.2, 0.25) is 0 Å². The standard InChI is InChI=1S/C17H18N4O/c1-10(2)14-9-13(16(18)22)19-17-15(11(3)20-21(14)17)12-7-5-4-6-8-12/h4-10H,1-3H3,(H2,18,22). The zero-order valence-electron chi connectivity index (χ0n) is 12.9. The van der Waals surface area contributed by atoms with E-state index in [1.54, 1.807) is 6.07 Å². The lowest BCUT2D eigenvalue weighted by Gasteiger charge is -2.10. The maximum Gasteiger partial charge on any atom is 0.267 e. The number of benzene rings is 1. The van der Waals surface area contributed by atoms with Crippen LogP contribution >= 0.6 is 0 Å². The Balaban J connectivity index is 2.39. The molecular weight excluding hydrogens is 276 g/mol. The van der Waals surface area contributed by atoms with Gasteiger partial charge >= 0.3 is 0 Å². The van der Waals surface area contributed by atoms with Gasteiger partial charge < -0.3 is 5.73 Å². The summed E-state index contributed by atoms with van der Waals surface area (Å²) in [4.78, 5) is 16.0. The molecule has 0 atom stereocenters. The zero-order valence-corrected chi connectivity index (χ0v) is 12.9. The number of hydrogen-bond donors (Lipinski definition) is 1. The van der Waals surface area contributed by atoms with Crippen molar-refractivity contribution in [2.45, 2.75) is 26.7 Å². The minimum atomic E-state index is -0.526. The van der Waals surface area contributed by atoms with Gasteiger partial charge in [-0.05, 0) is 24.5 Å². The fourth-order valence-electron chi connectivity index (χ4n) is 2.63. The molecule has 0 radical (unpaired) electrons. The third-order valence-corrected chi connectivity index (χ3v) is 3.70. The van der Waals surface area contributed by atoms with Crippen molar-refractivity contribution in [1.82, 2.24) is 14.6 Å². The summed E-state index contributed by atoms with van der Waals surface area (Å²) in [5.41, 5.74) is 10.1. The van der Waals surface area contributed by atoms with E-state index < -0.39 is 5.91 Å². The van der Waals surface area contributed by atoms with E-state index in [-0.39, 0.29) is 11.6 Å². The minimum Gasteiger partial charge on any atom is -0.364 e. The average Bonchev–Trinajstić information content (AvgIpc) is 2.82. The molecule has 3 aromatic rings. The largest absolute Gasteiger partial charge is 0.364 e. The second-order valence-electron chi connectivity index (χ2n) is 5.65. The molecule has 2 aromatic heterocycles. The van der Waals surface area contributed by atoms with E-state index in [9.17, 15) is 4.79 Å². The summed E-state index contributed by atoms with van der Waals surface area (Å²) in [6, 6.07) is 11.7. The maximum absolute atomic E-state index is 11.6. The summed E-state index contributed by atoms with van der Waals surface area (Å²) in [5.74, 6) is -0.325. The first kappa shape index (κ1) is 14.3. The van der Waals surface area contributed by atoms with Crippen molar-refractivity contribution >= 4 is 11.6 Å². The monoisotopic (exact) mass is 294 g/mol. The fraction of sp³-hybridized carbons (Fsp3) is 0.235. The zero-order chi connectivity index (χ0) is 15.9. The van der Waals surface area contributed by atoms with Gasteiger partial charge in [-0.15, -0.1) is 0 Å². The molecule has 1 aromatic carbocycles. The van der Waals surface area contributed by atoms with E-state index in [1.807, 2.05) is 41.8 Å². The van der Waals surface area contributed by atoms with Gasteiger partial charge in [-0.3, -0.25) is 4.79 Å². The number of fused-ring (bicyclic) bond motifs is 1. The summed E-state index contributed by atoms with van der Waals surface area (Å²) in [6.07, 6.45) is 0. The second kappa shape index (κ2) is 5.26. The molecule has 2 N–H and O–H groups in total. The van der Waals surface area contributed by atoms with Gasteiger partial charge in [0, 0.05) is 11.3 Å². The van der Waals surface area contributed by atoms with Crippen LogP contribution in [-0.4, -0.2) is 20.5 Å². The quantitative estimate of drug-likeness (QED) is 0.807. The highest BCUT2D eigenvalue weighted by atomic mass is 16.1. The molecule has 0 aliphatic rings. The molecule has 112 valence electrons. The Morgan fingerprint density at radius 2 is 1.91 bits per heavy atom. The third kappa shape index (κ3) is 2.24. The molecule has 22 heavy (non-hydrogen) atoms. The first-order valence-electron chi connectivity index (χ1n) is 7.24. The summed E-state index contributed by atoms with van der Waals surface area (Å²) in [7, 11) is 0. The van der Waals surface area contributed by atoms with Crippen LogP contribution in [0.3, 0.4) is 0 Å². The van der Waals surface area contributed by atoms with Crippen LogP contribution < -0.4 is 5.73 Å². The molecule has 2 heterocycles. The number of hydrogen-bond acceptors (Lipinski definition) is 3. The van der Waals surface area contributed by atoms with Gasteiger partial charge in [0.15, 0.2) is 5.65 Å². The number of amides is 1. The van der Waals surface area contributed by atoms with E-state index in [1.165, 1.54) is 0 Å². The van der Waals surface area contributed by atoms with E-state index in [0.717, 1.165) is 22.5 Å². The van der Waals surface area contributed by atoms with Crippen LogP contribution in [0.4, 0.5) is 0 Å². The van der Waals surface area contributed by atoms with Gasteiger partial charge in [-0.1, -0.05) is 44.2 Å². The molecule has 3 rings (SSSR count). The van der Waals surface area contributed by atoms with Gasteiger partial charge in [0.05, 0.1) is 5.69 Å². The van der Waals surface area contributed by atoms with Gasteiger partial charge in [-0.2, -0.15) is 5.10 Å². The molecule has 0 aliphatic carbocycles. The molecule has 0 bridgehead atoms. The summed E-state index contributed by atoms with van der Waals surface area (Å²) in [5, 5.41) is 4.61. The fourth-order valence-corrected chi connectivity index (χ4v) is 2.63. The predicted octanol–water partition coefficient (Wildman–Crippen LogP) is 2.93. The highest BCUT2D eigenvalue weighted by Gasteiger charge is 2.19. The second-order valence-corrected chi connectivity index (χ2v) is 5.65. The van der Waals surface area contributed by atoms with E-state index in [0.29, 0.717) is 5.65 Å². The first-order valence-corrected chi connectivity index (χ1v) is 7.24. The Bertz CT molecular complexity index is 850. The van der Waals surface area contributed by atoms with E-state index >= 15 is 0 Å². The Kier molecular flexibility index (Phi) is 3.41. The van der Waals surface area contributed by atoms with Crippen LogP contribution in [0, 0.1) is 6.92 Å². The molecule has 0 unspecified atom stereocenters. The smallest absolute Gasteiger partial charge is 0.267 e. The topological polar surface area (TPSA) is 73.3 Å². The molecule has 0 saturated carbocycles. The van der Waals surface area contributed by atoms with Gasteiger partial charge in [0.1, 0.15) is 5.69 Å². The SMILES string of the molecule is Cc1nn2c(C(C)C)cc(C(N)=O)nc2c1-c1ccccc1. The predicted molar refractivity (Wildman–Crippen MR) is 85.8 cm³/mol. The lowest BCUT2D eigenvalue weighted by Crippen LogP contribution is -2.16. The molecular formula is C17H18N4O. The van der Waals surface area contributed by atoms with Crippen molar-refractivity contribution < 1.29 is 4.79 Å². The van der Waals surface area contributed by atoms with Crippen LogP contribution in [-0.2, 0) is 0 Å². The molecule has 1 amide bonds. The van der Waals surface area contributed by atoms with Crippen LogP contribution in [0.15, 0.2) is 36.4 Å². The third-order valence-electron chi connectivity index (χ3n) is 3.70. The van der Waals surface area contributed by atoms with Crippen molar-refractivity contribution in [2.24, 2.45) is 5.73 Å². The number of nitrogens with two attached hydrogens (primary N) is 1. The lowest BCUT2D eigenvalue weighted by molar-refractivity contribution is 0.0995. The van der Waals surface area contributed by atoms with Crippen molar-refractivity contribution in [3.8, 4) is 11.1 Å². The summed E-state index contributed by atoms with van der Waals surface area (Å²) >= 11 is 0.